The molecular formula is C26H31N3O5S2. The molecule has 3 rings (SSSR count). The van der Waals surface area contributed by atoms with Gasteiger partial charge in [0, 0.05) is 24.3 Å². The highest BCUT2D eigenvalue weighted by atomic mass is 32.2. The Balaban J connectivity index is 1.57. The number of carbonyl (C=O) groups is 1. The number of amides is 1. The first-order chi connectivity index (χ1) is 16.8. The fraction of sp³-hybridized carbons (Fsp3) is 0.269. The van der Waals surface area contributed by atoms with Crippen LogP contribution in [0, 0.1) is 20.8 Å². The smallest absolute Gasteiger partial charge is 0.261 e. The van der Waals surface area contributed by atoms with Crippen molar-refractivity contribution in [1.82, 2.24) is 0 Å². The van der Waals surface area contributed by atoms with Crippen LogP contribution < -0.4 is 14.3 Å². The predicted molar refractivity (Wildman–Crippen MR) is 144 cm³/mol. The third-order valence-corrected chi connectivity index (χ3v) is 8.29. The molecule has 0 bridgehead atoms. The van der Waals surface area contributed by atoms with Crippen molar-refractivity contribution in [2.45, 2.75) is 38.5 Å². The molecule has 0 fully saturated rings. The van der Waals surface area contributed by atoms with E-state index in [4.69, 9.17) is 0 Å². The molecule has 0 aliphatic rings. The van der Waals surface area contributed by atoms with Crippen molar-refractivity contribution in [1.29, 1.82) is 0 Å². The molecule has 0 radical (unpaired) electrons. The number of anilines is 3. The van der Waals surface area contributed by atoms with Crippen LogP contribution in [0.25, 0.3) is 0 Å². The lowest BCUT2D eigenvalue weighted by Crippen LogP contribution is -2.31. The van der Waals surface area contributed by atoms with E-state index >= 15 is 0 Å². The second kappa shape index (κ2) is 11.1. The molecule has 0 unspecified atom stereocenters. The van der Waals surface area contributed by atoms with Gasteiger partial charge in [0.15, 0.2) is 0 Å². The third kappa shape index (κ3) is 7.32. The van der Waals surface area contributed by atoms with Gasteiger partial charge in [0.25, 0.3) is 10.0 Å². The Hall–Kier alpha value is -3.37. The average molecular weight is 530 g/mol. The Labute approximate surface area is 213 Å². The molecule has 3 aromatic carbocycles. The van der Waals surface area contributed by atoms with Crippen LogP contribution in [0.3, 0.4) is 0 Å². The first-order valence-electron chi connectivity index (χ1n) is 11.4. The summed E-state index contributed by atoms with van der Waals surface area (Å²) in [7, 11) is -7.28. The molecule has 0 heterocycles. The number of hydrogen-bond acceptors (Lipinski definition) is 5. The van der Waals surface area contributed by atoms with E-state index in [1.54, 1.807) is 18.2 Å². The molecule has 2 N–H and O–H groups in total. The summed E-state index contributed by atoms with van der Waals surface area (Å²) in [6.45, 7) is 5.95. The van der Waals surface area contributed by atoms with E-state index in [1.165, 1.54) is 28.6 Å². The zero-order valence-electron chi connectivity index (χ0n) is 20.8. The van der Waals surface area contributed by atoms with E-state index in [2.05, 4.69) is 10.0 Å². The van der Waals surface area contributed by atoms with Crippen LogP contribution >= 0.6 is 0 Å². The van der Waals surface area contributed by atoms with Crippen molar-refractivity contribution in [2.24, 2.45) is 0 Å². The lowest BCUT2D eigenvalue weighted by molar-refractivity contribution is -0.116. The molecule has 0 atom stereocenters. The van der Waals surface area contributed by atoms with E-state index in [-0.39, 0.29) is 23.8 Å². The van der Waals surface area contributed by atoms with Crippen LogP contribution in [0.15, 0.2) is 71.6 Å². The van der Waals surface area contributed by atoms with Crippen LogP contribution in [-0.4, -0.2) is 35.5 Å². The predicted octanol–water partition coefficient (Wildman–Crippen LogP) is 4.60. The molecule has 36 heavy (non-hydrogen) atoms. The molecule has 0 aliphatic carbocycles. The summed E-state index contributed by atoms with van der Waals surface area (Å²) in [5, 5.41) is 2.72. The minimum absolute atomic E-state index is 0.0678. The SMILES string of the molecule is Cc1ccc(NS(=O)(=O)c2ccc(NC(=O)CCCN(c3ccc(C)c(C)c3)S(C)(=O)=O)cc2)cc1. The van der Waals surface area contributed by atoms with E-state index in [1.807, 2.05) is 45.0 Å². The summed E-state index contributed by atoms with van der Waals surface area (Å²) in [6, 6.07) is 18.3. The molecular weight excluding hydrogens is 498 g/mol. The Morgan fingerprint density at radius 1 is 0.806 bits per heavy atom. The minimum atomic E-state index is -3.77. The molecule has 3 aromatic rings. The van der Waals surface area contributed by atoms with Crippen molar-refractivity contribution < 1.29 is 21.6 Å². The number of nitrogens with zero attached hydrogens (tertiary/aromatic N) is 1. The van der Waals surface area contributed by atoms with Gasteiger partial charge in [0.1, 0.15) is 0 Å². The van der Waals surface area contributed by atoms with Gasteiger partial charge in [-0.2, -0.15) is 0 Å². The zero-order valence-corrected chi connectivity index (χ0v) is 22.4. The second-order valence-corrected chi connectivity index (χ2v) is 12.3. The maximum Gasteiger partial charge on any atom is 0.261 e. The lowest BCUT2D eigenvalue weighted by atomic mass is 10.1. The topological polar surface area (TPSA) is 113 Å². The summed E-state index contributed by atoms with van der Waals surface area (Å²) in [4.78, 5) is 12.5. The molecule has 192 valence electrons. The first kappa shape index (κ1) is 27.2. The molecule has 10 heteroatoms. The first-order valence-corrected chi connectivity index (χ1v) is 14.7. The van der Waals surface area contributed by atoms with Crippen molar-refractivity contribution in [3.05, 3.63) is 83.4 Å². The summed E-state index contributed by atoms with van der Waals surface area (Å²) in [5.74, 6) is -0.295. The molecule has 0 saturated carbocycles. The standard InChI is InChI=1S/C26H31N3O5S2/c1-19-7-10-23(11-8-19)28-36(33,34)25-15-12-22(13-16-25)27-26(30)6-5-17-29(35(4,31)32)24-14-9-20(2)21(3)18-24/h7-16,18,28H,5-6,17H2,1-4H3,(H,27,30). The highest BCUT2D eigenvalue weighted by Crippen LogP contribution is 2.22. The summed E-state index contributed by atoms with van der Waals surface area (Å²) in [5.41, 5.74) is 4.55. The monoisotopic (exact) mass is 529 g/mol. The quantitative estimate of drug-likeness (QED) is 0.399. The van der Waals surface area contributed by atoms with Gasteiger partial charge < -0.3 is 5.32 Å². The highest BCUT2D eigenvalue weighted by Gasteiger charge is 2.18. The second-order valence-electron chi connectivity index (χ2n) is 8.75. The fourth-order valence-electron chi connectivity index (χ4n) is 3.53. The number of hydrogen-bond donors (Lipinski definition) is 2. The van der Waals surface area contributed by atoms with Crippen molar-refractivity contribution >= 4 is 43.0 Å². The number of sulfonamides is 2. The van der Waals surface area contributed by atoms with Gasteiger partial charge in [0.05, 0.1) is 16.8 Å². The van der Waals surface area contributed by atoms with E-state index in [9.17, 15) is 21.6 Å². The van der Waals surface area contributed by atoms with Gasteiger partial charge in [0.2, 0.25) is 15.9 Å². The molecule has 8 nitrogen and oxygen atoms in total. The van der Waals surface area contributed by atoms with Crippen molar-refractivity contribution in [2.75, 3.05) is 27.1 Å². The minimum Gasteiger partial charge on any atom is -0.326 e. The third-order valence-electron chi connectivity index (χ3n) is 5.70. The largest absolute Gasteiger partial charge is 0.326 e. The molecule has 0 aliphatic heterocycles. The van der Waals surface area contributed by atoms with Crippen molar-refractivity contribution in [3.8, 4) is 0 Å². The van der Waals surface area contributed by atoms with Gasteiger partial charge in [-0.1, -0.05) is 23.8 Å². The van der Waals surface area contributed by atoms with Crippen LogP contribution in [0.1, 0.15) is 29.5 Å². The summed E-state index contributed by atoms with van der Waals surface area (Å²) in [6.07, 6.45) is 1.57. The average Bonchev–Trinajstić information content (AvgIpc) is 2.80. The summed E-state index contributed by atoms with van der Waals surface area (Å²) >= 11 is 0. The Morgan fingerprint density at radius 3 is 2.00 bits per heavy atom. The molecule has 1 amide bonds. The number of aryl methyl sites for hydroxylation is 3. The maximum atomic E-state index is 12.6. The van der Waals surface area contributed by atoms with Gasteiger partial charge in [-0.3, -0.25) is 13.8 Å². The van der Waals surface area contributed by atoms with Gasteiger partial charge in [-0.15, -0.1) is 0 Å². The van der Waals surface area contributed by atoms with E-state index in [0.717, 1.165) is 22.9 Å². The van der Waals surface area contributed by atoms with Crippen LogP contribution in [0.4, 0.5) is 17.1 Å². The van der Waals surface area contributed by atoms with Gasteiger partial charge in [-0.05, 0) is 86.8 Å². The lowest BCUT2D eigenvalue weighted by Gasteiger charge is -2.23. The van der Waals surface area contributed by atoms with Crippen molar-refractivity contribution in [3.63, 3.8) is 0 Å². The normalized spacial score (nSPS) is 11.7. The van der Waals surface area contributed by atoms with Gasteiger partial charge in [-0.25, -0.2) is 16.8 Å². The maximum absolute atomic E-state index is 12.6. The zero-order chi connectivity index (χ0) is 26.5. The van der Waals surface area contributed by atoms with Crippen LogP contribution in [0.5, 0.6) is 0 Å². The van der Waals surface area contributed by atoms with Crippen LogP contribution in [-0.2, 0) is 24.8 Å². The molecule has 0 saturated heterocycles. The molecule has 0 spiro atoms. The number of carbonyl (C=O) groups excluding carboxylic acids is 1. The van der Waals surface area contributed by atoms with E-state index in [0.29, 0.717) is 23.5 Å². The van der Waals surface area contributed by atoms with Crippen LogP contribution in [0.2, 0.25) is 0 Å². The Kier molecular flexibility index (Phi) is 8.42. The summed E-state index contributed by atoms with van der Waals surface area (Å²) < 4.78 is 53.7. The number of nitrogens with one attached hydrogen (secondary N) is 2. The Bertz CT molecular complexity index is 1430. The number of rotatable bonds is 10. The van der Waals surface area contributed by atoms with Gasteiger partial charge >= 0.3 is 0 Å². The Morgan fingerprint density at radius 2 is 1.42 bits per heavy atom. The fourth-order valence-corrected chi connectivity index (χ4v) is 5.54. The van der Waals surface area contributed by atoms with E-state index < -0.39 is 20.0 Å². The number of benzene rings is 3. The molecule has 0 aromatic heterocycles. The highest BCUT2D eigenvalue weighted by molar-refractivity contribution is 7.92.